The first kappa shape index (κ1) is 15.9. The zero-order valence-electron chi connectivity index (χ0n) is 11.7. The third-order valence-electron chi connectivity index (χ3n) is 2.97. The van der Waals surface area contributed by atoms with Gasteiger partial charge in [-0.25, -0.2) is 4.99 Å². The number of nitrogens with zero attached hydrogens (tertiary/aromatic N) is 3. The van der Waals surface area contributed by atoms with Crippen LogP contribution in [0, 0.1) is 0 Å². The summed E-state index contributed by atoms with van der Waals surface area (Å²) in [7, 11) is 0. The second kappa shape index (κ2) is 6.54. The molecule has 0 unspecified atom stereocenters. The van der Waals surface area contributed by atoms with Crippen molar-refractivity contribution in [3.63, 3.8) is 0 Å². The summed E-state index contributed by atoms with van der Waals surface area (Å²) in [5.41, 5.74) is 11.8. The van der Waals surface area contributed by atoms with E-state index >= 15 is 0 Å². The maximum atomic E-state index is 12.0. The van der Waals surface area contributed by atoms with Crippen LogP contribution in [0.3, 0.4) is 0 Å². The van der Waals surface area contributed by atoms with Gasteiger partial charge in [-0.05, 0) is 37.1 Å². The molecule has 1 aliphatic rings. The van der Waals surface area contributed by atoms with Crippen LogP contribution in [0.1, 0.15) is 12.8 Å². The van der Waals surface area contributed by atoms with Crippen molar-refractivity contribution in [2.75, 3.05) is 13.1 Å². The lowest BCUT2D eigenvalue weighted by molar-refractivity contribution is -0.274. The Balaban J connectivity index is 2.03. The van der Waals surface area contributed by atoms with Crippen LogP contribution in [-0.4, -0.2) is 36.3 Å². The normalized spacial score (nSPS) is 17.0. The van der Waals surface area contributed by atoms with Gasteiger partial charge in [-0.3, -0.25) is 0 Å². The number of ether oxygens (including phenoxy) is 1. The van der Waals surface area contributed by atoms with Crippen LogP contribution in [0.5, 0.6) is 5.75 Å². The molecule has 1 fully saturated rings. The standard InChI is InChI=1S/C13H16F3N5O/c14-13(15,16)22-10-5-3-9(4-6-10)19-11(17)20-12(18)21-7-1-2-8-21/h3-6H,1-2,7-8H2,(H4,17,18,19,20). The molecule has 0 aliphatic carbocycles. The van der Waals surface area contributed by atoms with E-state index in [1.165, 1.54) is 12.1 Å². The summed E-state index contributed by atoms with van der Waals surface area (Å²) >= 11 is 0. The highest BCUT2D eigenvalue weighted by molar-refractivity contribution is 5.94. The molecule has 2 rings (SSSR count). The lowest BCUT2D eigenvalue weighted by Crippen LogP contribution is -2.36. The van der Waals surface area contributed by atoms with E-state index in [2.05, 4.69) is 14.7 Å². The molecule has 0 spiro atoms. The van der Waals surface area contributed by atoms with E-state index in [-0.39, 0.29) is 17.7 Å². The number of benzene rings is 1. The number of hydrogen-bond acceptors (Lipinski definition) is 2. The minimum Gasteiger partial charge on any atom is -0.406 e. The van der Waals surface area contributed by atoms with Crippen LogP contribution in [-0.2, 0) is 0 Å². The van der Waals surface area contributed by atoms with Gasteiger partial charge in [0, 0.05) is 13.1 Å². The Bertz CT molecular complexity index is 562. The van der Waals surface area contributed by atoms with Gasteiger partial charge in [0.2, 0.25) is 5.96 Å². The Hall–Kier alpha value is -2.45. The van der Waals surface area contributed by atoms with Crippen LogP contribution in [0.15, 0.2) is 34.3 Å². The Morgan fingerprint density at radius 3 is 2.23 bits per heavy atom. The third kappa shape index (κ3) is 4.83. The fraction of sp³-hybridized carbons (Fsp3) is 0.385. The summed E-state index contributed by atoms with van der Waals surface area (Å²) in [6.45, 7) is 1.65. The molecule has 120 valence electrons. The van der Waals surface area contributed by atoms with Gasteiger partial charge < -0.3 is 21.1 Å². The zero-order chi connectivity index (χ0) is 16.2. The second-order valence-electron chi connectivity index (χ2n) is 4.68. The van der Waals surface area contributed by atoms with E-state index < -0.39 is 6.36 Å². The van der Waals surface area contributed by atoms with E-state index in [4.69, 9.17) is 11.5 Å². The van der Waals surface area contributed by atoms with Crippen molar-refractivity contribution in [2.45, 2.75) is 19.2 Å². The van der Waals surface area contributed by atoms with E-state index in [0.717, 1.165) is 38.1 Å². The van der Waals surface area contributed by atoms with Crippen molar-refractivity contribution in [1.82, 2.24) is 4.90 Å². The van der Waals surface area contributed by atoms with Crippen LogP contribution in [0.25, 0.3) is 0 Å². The lowest BCUT2D eigenvalue weighted by Gasteiger charge is -2.15. The number of hydrogen-bond donors (Lipinski definition) is 2. The zero-order valence-corrected chi connectivity index (χ0v) is 11.7. The minimum absolute atomic E-state index is 0.0612. The number of alkyl halides is 3. The first-order chi connectivity index (χ1) is 10.3. The Morgan fingerprint density at radius 2 is 1.68 bits per heavy atom. The molecular weight excluding hydrogens is 299 g/mol. The largest absolute Gasteiger partial charge is 0.573 e. The van der Waals surface area contributed by atoms with Crippen molar-refractivity contribution in [3.05, 3.63) is 24.3 Å². The highest BCUT2D eigenvalue weighted by Gasteiger charge is 2.30. The van der Waals surface area contributed by atoms with Crippen LogP contribution in [0.2, 0.25) is 0 Å². The summed E-state index contributed by atoms with van der Waals surface area (Å²) in [4.78, 5) is 9.84. The molecule has 1 aromatic carbocycles. The van der Waals surface area contributed by atoms with Gasteiger partial charge >= 0.3 is 6.36 Å². The van der Waals surface area contributed by atoms with Crippen molar-refractivity contribution < 1.29 is 17.9 Å². The molecule has 0 atom stereocenters. The molecule has 1 saturated heterocycles. The van der Waals surface area contributed by atoms with E-state index in [9.17, 15) is 13.2 Å². The predicted octanol–water partition coefficient (Wildman–Crippen LogP) is 1.94. The summed E-state index contributed by atoms with van der Waals surface area (Å²) in [5.74, 6) is -0.102. The minimum atomic E-state index is -4.72. The molecule has 0 amide bonds. The molecule has 6 nitrogen and oxygen atoms in total. The molecule has 1 aliphatic heterocycles. The maximum Gasteiger partial charge on any atom is 0.573 e. The van der Waals surface area contributed by atoms with Gasteiger partial charge in [-0.15, -0.1) is 13.2 Å². The third-order valence-corrected chi connectivity index (χ3v) is 2.97. The first-order valence-electron chi connectivity index (χ1n) is 6.62. The second-order valence-corrected chi connectivity index (χ2v) is 4.68. The van der Waals surface area contributed by atoms with Crippen LogP contribution >= 0.6 is 0 Å². The molecule has 0 saturated carbocycles. The molecule has 1 aromatic rings. The molecule has 4 N–H and O–H groups in total. The molecule has 22 heavy (non-hydrogen) atoms. The van der Waals surface area contributed by atoms with E-state index in [1.54, 1.807) is 0 Å². The topological polar surface area (TPSA) is 89.2 Å². The SMILES string of the molecule is NC(=Nc1ccc(OC(F)(F)F)cc1)N=C(N)N1CCCC1. The maximum absolute atomic E-state index is 12.0. The average molecular weight is 315 g/mol. The molecule has 9 heteroatoms. The molecule has 0 bridgehead atoms. The Morgan fingerprint density at radius 1 is 1.09 bits per heavy atom. The predicted molar refractivity (Wildman–Crippen MR) is 76.8 cm³/mol. The smallest absolute Gasteiger partial charge is 0.406 e. The summed E-state index contributed by atoms with van der Waals surface area (Å²) in [6.07, 6.45) is -2.62. The van der Waals surface area contributed by atoms with Gasteiger partial charge in [0.15, 0.2) is 5.96 Å². The Labute approximate surface area is 125 Å². The van der Waals surface area contributed by atoms with Gasteiger partial charge in [0.05, 0.1) is 5.69 Å². The monoisotopic (exact) mass is 315 g/mol. The number of rotatable bonds is 2. The van der Waals surface area contributed by atoms with Gasteiger partial charge in [-0.1, -0.05) is 0 Å². The summed E-state index contributed by atoms with van der Waals surface area (Å²) < 4.78 is 39.9. The number of likely N-dealkylation sites (tertiary alicyclic amines) is 1. The fourth-order valence-electron chi connectivity index (χ4n) is 2.01. The molecule has 0 radical (unpaired) electrons. The highest BCUT2D eigenvalue weighted by Crippen LogP contribution is 2.24. The van der Waals surface area contributed by atoms with E-state index in [1.807, 2.05) is 4.90 Å². The van der Waals surface area contributed by atoms with Crippen LogP contribution in [0.4, 0.5) is 18.9 Å². The number of guanidine groups is 2. The number of nitrogens with two attached hydrogens (primary N) is 2. The Kier molecular flexibility index (Phi) is 4.74. The molecular formula is C13H16F3N5O. The van der Waals surface area contributed by atoms with Crippen molar-refractivity contribution in [1.29, 1.82) is 0 Å². The van der Waals surface area contributed by atoms with Crippen molar-refractivity contribution in [2.24, 2.45) is 21.5 Å². The highest BCUT2D eigenvalue weighted by atomic mass is 19.4. The molecule has 1 heterocycles. The average Bonchev–Trinajstić information content (AvgIpc) is 2.93. The van der Waals surface area contributed by atoms with Crippen molar-refractivity contribution >= 4 is 17.6 Å². The van der Waals surface area contributed by atoms with E-state index in [0.29, 0.717) is 5.69 Å². The van der Waals surface area contributed by atoms with Gasteiger partial charge in [0.1, 0.15) is 5.75 Å². The van der Waals surface area contributed by atoms with Crippen molar-refractivity contribution in [3.8, 4) is 5.75 Å². The van der Waals surface area contributed by atoms with Gasteiger partial charge in [0.25, 0.3) is 0 Å². The fourth-order valence-corrected chi connectivity index (χ4v) is 2.01. The summed E-state index contributed by atoms with van der Waals surface area (Å²) in [5, 5.41) is 0. The quantitative estimate of drug-likeness (QED) is 0.645. The lowest BCUT2D eigenvalue weighted by atomic mass is 10.3. The molecule has 0 aromatic heterocycles. The van der Waals surface area contributed by atoms with Crippen LogP contribution < -0.4 is 16.2 Å². The first-order valence-corrected chi connectivity index (χ1v) is 6.62. The summed E-state index contributed by atoms with van der Waals surface area (Å²) in [6, 6.07) is 4.98. The number of aliphatic imine (C=N–C) groups is 2. The van der Waals surface area contributed by atoms with Gasteiger partial charge in [-0.2, -0.15) is 4.99 Å². The number of halogens is 3.